The fraction of sp³-hybridized carbons (Fsp3) is 0.412. The van der Waals surface area contributed by atoms with Gasteiger partial charge >= 0.3 is 0 Å². The van der Waals surface area contributed by atoms with Gasteiger partial charge in [-0.25, -0.2) is 0 Å². The van der Waals surface area contributed by atoms with E-state index in [2.05, 4.69) is 55.7 Å². The van der Waals surface area contributed by atoms with Crippen LogP contribution in [0.4, 0.5) is 0 Å². The van der Waals surface area contributed by atoms with Crippen LogP contribution in [0.5, 0.6) is 0 Å². The van der Waals surface area contributed by atoms with Crippen LogP contribution >= 0.6 is 15.9 Å². The van der Waals surface area contributed by atoms with Gasteiger partial charge in [0, 0.05) is 27.7 Å². The number of carbonyl (C=O) groups is 1. The van der Waals surface area contributed by atoms with E-state index in [4.69, 9.17) is 0 Å². The van der Waals surface area contributed by atoms with E-state index in [-0.39, 0.29) is 11.9 Å². The van der Waals surface area contributed by atoms with E-state index in [1.54, 1.807) is 0 Å². The molecule has 0 spiro atoms. The van der Waals surface area contributed by atoms with Crippen LogP contribution in [0, 0.1) is 0 Å². The van der Waals surface area contributed by atoms with E-state index in [9.17, 15) is 4.79 Å². The van der Waals surface area contributed by atoms with Crippen LogP contribution in [0.3, 0.4) is 0 Å². The predicted octanol–water partition coefficient (Wildman–Crippen LogP) is 3.34. The summed E-state index contributed by atoms with van der Waals surface area (Å²) in [6.45, 7) is 0. The van der Waals surface area contributed by atoms with E-state index in [1.807, 2.05) is 0 Å². The molecule has 2 aliphatic rings. The molecule has 2 aromatic rings. The molecule has 0 unspecified atom stereocenters. The Balaban J connectivity index is 1.43. The molecule has 1 saturated carbocycles. The monoisotopic (exact) mass is 359 g/mol. The summed E-state index contributed by atoms with van der Waals surface area (Å²) in [5.74, 6) is 0.413. The molecular weight excluding hydrogens is 342 g/mol. The third kappa shape index (κ3) is 2.58. The summed E-state index contributed by atoms with van der Waals surface area (Å²) in [7, 11) is 0. The molecule has 0 saturated heterocycles. The molecule has 5 heteroatoms. The lowest BCUT2D eigenvalue weighted by molar-refractivity contribution is 0.0944. The van der Waals surface area contributed by atoms with Crippen LogP contribution in [0.1, 0.15) is 52.5 Å². The van der Waals surface area contributed by atoms with Gasteiger partial charge in [-0.2, -0.15) is 5.10 Å². The van der Waals surface area contributed by atoms with Gasteiger partial charge in [-0.3, -0.25) is 9.89 Å². The van der Waals surface area contributed by atoms with Crippen LogP contribution in [0.2, 0.25) is 0 Å². The predicted molar refractivity (Wildman–Crippen MR) is 88.0 cm³/mol. The second-order valence-corrected chi connectivity index (χ2v) is 7.13. The molecule has 4 nitrogen and oxygen atoms in total. The van der Waals surface area contributed by atoms with E-state index in [0.717, 1.165) is 41.4 Å². The summed E-state index contributed by atoms with van der Waals surface area (Å²) < 4.78 is 1.08. The average Bonchev–Trinajstić information content (AvgIpc) is 3.15. The van der Waals surface area contributed by atoms with Gasteiger partial charge in [0.2, 0.25) is 0 Å². The van der Waals surface area contributed by atoms with Crippen molar-refractivity contribution in [2.24, 2.45) is 0 Å². The number of amides is 1. The van der Waals surface area contributed by atoms with Crippen molar-refractivity contribution >= 4 is 21.8 Å². The van der Waals surface area contributed by atoms with E-state index in [1.165, 1.54) is 12.0 Å². The molecule has 1 fully saturated rings. The standard InChI is InChI=1S/C17H18BrN3O/c18-11-7-5-10(6-8-11)13-9-15(13)19-17(22)16-12-3-1-2-4-14(12)20-21-16/h5-8,13,15H,1-4,9H2,(H,19,22)(H,20,21)/t13-,15+/m0/s1. The largest absolute Gasteiger partial charge is 0.347 e. The lowest BCUT2D eigenvalue weighted by Gasteiger charge is -2.11. The highest BCUT2D eigenvalue weighted by atomic mass is 79.9. The smallest absolute Gasteiger partial charge is 0.272 e. The van der Waals surface area contributed by atoms with E-state index >= 15 is 0 Å². The number of benzene rings is 1. The Morgan fingerprint density at radius 3 is 2.82 bits per heavy atom. The number of hydrogen-bond acceptors (Lipinski definition) is 2. The minimum atomic E-state index is -0.0241. The highest BCUT2D eigenvalue weighted by molar-refractivity contribution is 9.10. The van der Waals surface area contributed by atoms with Crippen molar-refractivity contribution in [1.29, 1.82) is 0 Å². The van der Waals surface area contributed by atoms with Crippen LogP contribution < -0.4 is 5.32 Å². The number of nitrogens with zero attached hydrogens (tertiary/aromatic N) is 1. The molecule has 0 aliphatic heterocycles. The second kappa shape index (κ2) is 5.54. The van der Waals surface area contributed by atoms with Crippen molar-refractivity contribution in [3.05, 3.63) is 51.3 Å². The van der Waals surface area contributed by atoms with Crippen molar-refractivity contribution in [3.63, 3.8) is 0 Å². The third-order valence-electron chi connectivity index (χ3n) is 4.68. The number of carbonyl (C=O) groups excluding carboxylic acids is 1. The fourth-order valence-electron chi connectivity index (χ4n) is 3.34. The SMILES string of the molecule is O=C(N[C@@H]1C[C@H]1c1ccc(Br)cc1)c1n[nH]c2c1CCCC2. The summed E-state index contributed by atoms with van der Waals surface area (Å²) in [6.07, 6.45) is 5.33. The number of aromatic amines is 1. The maximum Gasteiger partial charge on any atom is 0.272 e. The van der Waals surface area contributed by atoms with Crippen molar-refractivity contribution in [3.8, 4) is 0 Å². The Bertz CT molecular complexity index is 707. The zero-order chi connectivity index (χ0) is 15.1. The zero-order valence-electron chi connectivity index (χ0n) is 12.2. The van der Waals surface area contributed by atoms with E-state index in [0.29, 0.717) is 11.6 Å². The van der Waals surface area contributed by atoms with Crippen LogP contribution in [-0.2, 0) is 12.8 Å². The fourth-order valence-corrected chi connectivity index (χ4v) is 3.60. The van der Waals surface area contributed by atoms with Gasteiger partial charge in [0.15, 0.2) is 5.69 Å². The lowest BCUT2D eigenvalue weighted by Crippen LogP contribution is -2.28. The normalized spacial score (nSPS) is 23.0. The molecule has 2 atom stereocenters. The first-order valence-electron chi connectivity index (χ1n) is 7.85. The summed E-state index contributed by atoms with van der Waals surface area (Å²) >= 11 is 3.45. The van der Waals surface area contributed by atoms with Gasteiger partial charge < -0.3 is 5.32 Å². The topological polar surface area (TPSA) is 57.8 Å². The number of aryl methyl sites for hydroxylation is 1. The molecule has 1 heterocycles. The molecule has 2 aliphatic carbocycles. The maximum atomic E-state index is 12.5. The number of hydrogen-bond donors (Lipinski definition) is 2. The van der Waals surface area contributed by atoms with Gasteiger partial charge in [0.25, 0.3) is 5.91 Å². The highest BCUT2D eigenvalue weighted by Gasteiger charge is 2.40. The van der Waals surface area contributed by atoms with Gasteiger partial charge in [0.05, 0.1) is 0 Å². The summed E-state index contributed by atoms with van der Waals surface area (Å²) in [4.78, 5) is 12.5. The van der Waals surface area contributed by atoms with Gasteiger partial charge in [0.1, 0.15) is 0 Å². The van der Waals surface area contributed by atoms with Crippen molar-refractivity contribution in [2.75, 3.05) is 0 Å². The minimum absolute atomic E-state index is 0.0241. The Morgan fingerprint density at radius 2 is 2.00 bits per heavy atom. The van der Waals surface area contributed by atoms with Crippen LogP contribution in [-0.4, -0.2) is 22.1 Å². The van der Waals surface area contributed by atoms with Crippen LogP contribution in [0.15, 0.2) is 28.7 Å². The zero-order valence-corrected chi connectivity index (χ0v) is 13.8. The van der Waals surface area contributed by atoms with Crippen LogP contribution in [0.25, 0.3) is 0 Å². The molecule has 1 aromatic carbocycles. The first-order chi connectivity index (χ1) is 10.7. The van der Waals surface area contributed by atoms with Gasteiger partial charge in [-0.1, -0.05) is 28.1 Å². The molecular formula is C17H18BrN3O. The second-order valence-electron chi connectivity index (χ2n) is 6.21. The number of nitrogens with one attached hydrogen (secondary N) is 2. The number of aromatic nitrogens is 2. The molecule has 22 heavy (non-hydrogen) atoms. The third-order valence-corrected chi connectivity index (χ3v) is 5.21. The van der Waals surface area contributed by atoms with Crippen molar-refractivity contribution in [1.82, 2.24) is 15.5 Å². The molecule has 4 rings (SSSR count). The maximum absolute atomic E-state index is 12.5. The number of rotatable bonds is 3. The summed E-state index contributed by atoms with van der Waals surface area (Å²) in [6, 6.07) is 8.59. The quantitative estimate of drug-likeness (QED) is 0.882. The van der Waals surface area contributed by atoms with Gasteiger partial charge in [-0.05, 0) is 49.8 Å². The molecule has 0 radical (unpaired) electrons. The lowest BCUT2D eigenvalue weighted by atomic mass is 9.96. The van der Waals surface area contributed by atoms with Crippen molar-refractivity contribution < 1.29 is 4.79 Å². The average molecular weight is 360 g/mol. The first kappa shape index (κ1) is 14.0. The highest BCUT2D eigenvalue weighted by Crippen LogP contribution is 2.41. The summed E-state index contributed by atoms with van der Waals surface area (Å²) in [5.41, 5.74) is 4.18. The van der Waals surface area contributed by atoms with Gasteiger partial charge in [-0.15, -0.1) is 0 Å². The Labute approximate surface area is 137 Å². The molecule has 1 amide bonds. The summed E-state index contributed by atoms with van der Waals surface area (Å²) in [5, 5.41) is 10.4. The Kier molecular flexibility index (Phi) is 3.53. The number of fused-ring (bicyclic) bond motifs is 1. The van der Waals surface area contributed by atoms with E-state index < -0.39 is 0 Å². The minimum Gasteiger partial charge on any atom is -0.347 e. The number of H-pyrrole nitrogens is 1. The molecule has 0 bridgehead atoms. The van der Waals surface area contributed by atoms with Crippen molar-refractivity contribution in [2.45, 2.75) is 44.1 Å². The number of halogens is 1. The first-order valence-corrected chi connectivity index (χ1v) is 8.64. The molecule has 114 valence electrons. The Morgan fingerprint density at radius 1 is 1.23 bits per heavy atom. The Hall–Kier alpha value is -1.62. The molecule has 2 N–H and O–H groups in total. The molecule has 1 aromatic heterocycles.